The second-order valence-electron chi connectivity index (χ2n) is 2.15. The van der Waals surface area contributed by atoms with Crippen molar-refractivity contribution in [3.63, 3.8) is 0 Å². The first-order valence-corrected chi connectivity index (χ1v) is 3.21. The van der Waals surface area contributed by atoms with Gasteiger partial charge in [0.1, 0.15) is 0 Å². The van der Waals surface area contributed by atoms with Crippen LogP contribution in [0.2, 0.25) is 5.02 Å². The van der Waals surface area contributed by atoms with Gasteiger partial charge in [0, 0.05) is 5.02 Å². The maximum atomic E-state index is 5.75. The Morgan fingerprint density at radius 1 is 0.889 bits per heavy atom. The fourth-order valence-electron chi connectivity index (χ4n) is 1.02. The molecule has 0 aromatic heterocycles. The Morgan fingerprint density at radius 2 is 1.44 bits per heavy atom. The first-order valence-electron chi connectivity index (χ1n) is 2.83. The minimum absolute atomic E-state index is 0.826. The van der Waals surface area contributed by atoms with E-state index in [1.54, 1.807) is 0 Å². The lowest BCUT2D eigenvalue weighted by atomic mass is 10.2. The molecule has 0 saturated carbocycles. The van der Waals surface area contributed by atoms with Gasteiger partial charge >= 0.3 is 0 Å². The van der Waals surface area contributed by atoms with E-state index >= 15 is 0 Å². The number of fused-ring (bicyclic) bond motifs is 2. The fourth-order valence-corrected chi connectivity index (χ4v) is 1.27. The third kappa shape index (κ3) is 0.757. The second-order valence-corrected chi connectivity index (χ2v) is 2.59. The molecule has 0 heterocycles. The maximum absolute atomic E-state index is 5.75. The molecule has 2 bridgehead atoms. The van der Waals surface area contributed by atoms with Crippen molar-refractivity contribution in [3.05, 3.63) is 34.3 Å². The Kier molecular flexibility index (Phi) is 0.908. The molecular formula is C8H5Cl. The van der Waals surface area contributed by atoms with Gasteiger partial charge in [-0.3, -0.25) is 0 Å². The first-order chi connectivity index (χ1) is 4.34. The molecule has 0 nitrogen and oxygen atoms in total. The Balaban J connectivity index is 2.75. The van der Waals surface area contributed by atoms with Gasteiger partial charge < -0.3 is 0 Å². The number of hydrogen-bond donors (Lipinski definition) is 0. The normalized spacial score (nSPS) is 12.6. The highest BCUT2D eigenvalue weighted by molar-refractivity contribution is 6.31. The van der Waals surface area contributed by atoms with E-state index in [2.05, 4.69) is 18.2 Å². The summed E-state index contributed by atoms with van der Waals surface area (Å²) in [5, 5.41) is 0.826. The Bertz CT molecular complexity index is 250. The Morgan fingerprint density at radius 3 is 2.00 bits per heavy atom. The SMILES string of the molecule is Clc1cc2cc(c1)C=C2. The predicted octanol–water partition coefficient (Wildman–Crippen LogP) is 2.82. The number of benzene rings is 1. The van der Waals surface area contributed by atoms with Crippen LogP contribution in [-0.2, 0) is 0 Å². The number of rotatable bonds is 0. The molecule has 2 rings (SSSR count). The molecule has 1 aliphatic carbocycles. The second kappa shape index (κ2) is 1.61. The van der Waals surface area contributed by atoms with Gasteiger partial charge in [0.25, 0.3) is 0 Å². The summed E-state index contributed by atoms with van der Waals surface area (Å²) in [7, 11) is 0. The largest absolute Gasteiger partial charge is 0.0843 e. The first kappa shape index (κ1) is 5.07. The van der Waals surface area contributed by atoms with E-state index < -0.39 is 0 Å². The highest BCUT2D eigenvalue weighted by atomic mass is 35.5. The molecule has 0 fully saturated rings. The van der Waals surface area contributed by atoms with Crippen LogP contribution >= 0.6 is 11.6 Å². The molecule has 0 aliphatic heterocycles. The monoisotopic (exact) mass is 136 g/mol. The molecule has 0 unspecified atom stereocenters. The van der Waals surface area contributed by atoms with Crippen molar-refractivity contribution in [2.75, 3.05) is 0 Å². The molecular weight excluding hydrogens is 132 g/mol. The molecule has 1 aromatic carbocycles. The van der Waals surface area contributed by atoms with E-state index in [-0.39, 0.29) is 0 Å². The van der Waals surface area contributed by atoms with Gasteiger partial charge in [-0.25, -0.2) is 0 Å². The lowest BCUT2D eigenvalue weighted by Gasteiger charge is -1.89. The van der Waals surface area contributed by atoms with Crippen molar-refractivity contribution in [1.82, 2.24) is 0 Å². The zero-order valence-corrected chi connectivity index (χ0v) is 5.52. The van der Waals surface area contributed by atoms with Crippen LogP contribution < -0.4 is 0 Å². The standard InChI is InChI=1S/C8H5Cl/c9-8-4-6-1-2-7(3-6)5-8/h1-5H. The van der Waals surface area contributed by atoms with Crippen LogP contribution in [0.25, 0.3) is 12.2 Å². The molecule has 0 saturated heterocycles. The van der Waals surface area contributed by atoms with Gasteiger partial charge in [0.05, 0.1) is 0 Å². The van der Waals surface area contributed by atoms with Crippen molar-refractivity contribution < 1.29 is 0 Å². The lowest BCUT2D eigenvalue weighted by Crippen LogP contribution is -1.67. The Hall–Kier alpha value is -0.750. The molecule has 0 N–H and O–H groups in total. The highest BCUT2D eigenvalue weighted by Crippen LogP contribution is 2.22. The van der Waals surface area contributed by atoms with Crippen molar-refractivity contribution in [2.24, 2.45) is 0 Å². The van der Waals surface area contributed by atoms with Crippen LogP contribution in [-0.4, -0.2) is 0 Å². The summed E-state index contributed by atoms with van der Waals surface area (Å²) in [6.45, 7) is 0. The van der Waals surface area contributed by atoms with Crippen LogP contribution in [0.1, 0.15) is 11.1 Å². The fraction of sp³-hybridized carbons (Fsp3) is 0. The van der Waals surface area contributed by atoms with Crippen LogP contribution in [0, 0.1) is 0 Å². The summed E-state index contributed by atoms with van der Waals surface area (Å²) < 4.78 is 0. The summed E-state index contributed by atoms with van der Waals surface area (Å²) in [6, 6.07) is 6.01. The van der Waals surface area contributed by atoms with E-state index in [9.17, 15) is 0 Å². The number of halogens is 1. The molecule has 1 heteroatoms. The summed E-state index contributed by atoms with van der Waals surface area (Å²) in [5.41, 5.74) is 2.41. The molecule has 0 spiro atoms. The maximum Gasteiger partial charge on any atom is 0.0417 e. The summed E-state index contributed by atoms with van der Waals surface area (Å²) in [6.07, 6.45) is 4.11. The van der Waals surface area contributed by atoms with Crippen molar-refractivity contribution >= 4 is 23.8 Å². The Labute approximate surface area is 58.8 Å². The van der Waals surface area contributed by atoms with E-state index in [0.29, 0.717) is 0 Å². The third-order valence-electron chi connectivity index (χ3n) is 1.41. The average molecular weight is 137 g/mol. The molecule has 0 atom stereocenters. The van der Waals surface area contributed by atoms with Gasteiger partial charge in [-0.05, 0) is 29.3 Å². The van der Waals surface area contributed by atoms with Gasteiger partial charge in [-0.2, -0.15) is 0 Å². The molecule has 9 heavy (non-hydrogen) atoms. The predicted molar refractivity (Wildman–Crippen MR) is 40.4 cm³/mol. The van der Waals surface area contributed by atoms with Gasteiger partial charge in [0.2, 0.25) is 0 Å². The topological polar surface area (TPSA) is 0 Å². The minimum Gasteiger partial charge on any atom is -0.0843 e. The van der Waals surface area contributed by atoms with E-state index in [0.717, 1.165) is 5.02 Å². The lowest BCUT2D eigenvalue weighted by molar-refractivity contribution is 1.67. The van der Waals surface area contributed by atoms with Crippen molar-refractivity contribution in [2.45, 2.75) is 0 Å². The van der Waals surface area contributed by atoms with Crippen LogP contribution in [0.3, 0.4) is 0 Å². The molecule has 0 amide bonds. The molecule has 0 radical (unpaired) electrons. The quantitative estimate of drug-likeness (QED) is 0.523. The van der Waals surface area contributed by atoms with Crippen LogP contribution in [0.4, 0.5) is 0 Å². The minimum atomic E-state index is 0.826. The zero-order chi connectivity index (χ0) is 6.27. The van der Waals surface area contributed by atoms with E-state index in [4.69, 9.17) is 11.6 Å². The van der Waals surface area contributed by atoms with Crippen LogP contribution in [0.15, 0.2) is 18.2 Å². The summed E-state index contributed by atoms with van der Waals surface area (Å²) >= 11 is 5.75. The molecule has 1 aliphatic rings. The van der Waals surface area contributed by atoms with E-state index in [1.165, 1.54) is 11.1 Å². The smallest absolute Gasteiger partial charge is 0.0417 e. The highest BCUT2D eigenvalue weighted by Gasteiger charge is 1.99. The summed E-state index contributed by atoms with van der Waals surface area (Å²) in [4.78, 5) is 0. The van der Waals surface area contributed by atoms with Gasteiger partial charge in [-0.1, -0.05) is 23.8 Å². The number of hydrogen-bond acceptors (Lipinski definition) is 0. The molecule has 1 aromatic rings. The van der Waals surface area contributed by atoms with Gasteiger partial charge in [0.15, 0.2) is 0 Å². The summed E-state index contributed by atoms with van der Waals surface area (Å²) in [5.74, 6) is 0. The van der Waals surface area contributed by atoms with Crippen molar-refractivity contribution in [3.8, 4) is 0 Å². The van der Waals surface area contributed by atoms with E-state index in [1.807, 2.05) is 12.1 Å². The van der Waals surface area contributed by atoms with Crippen molar-refractivity contribution in [1.29, 1.82) is 0 Å². The third-order valence-corrected chi connectivity index (χ3v) is 1.63. The zero-order valence-electron chi connectivity index (χ0n) is 4.76. The average Bonchev–Trinajstić information content (AvgIpc) is 2.11. The molecule has 44 valence electrons. The van der Waals surface area contributed by atoms with Crippen LogP contribution in [0.5, 0.6) is 0 Å². The van der Waals surface area contributed by atoms with Gasteiger partial charge in [-0.15, -0.1) is 0 Å².